The smallest absolute Gasteiger partial charge is 0.397 e. The third-order valence-corrected chi connectivity index (χ3v) is 0.203. The van der Waals surface area contributed by atoms with Gasteiger partial charge in [0.2, 0.25) is 0 Å². The van der Waals surface area contributed by atoms with Gasteiger partial charge in [0.05, 0.1) is 7.11 Å². The molecule has 0 amide bonds. The summed E-state index contributed by atoms with van der Waals surface area (Å²) >= 11 is 4.04. The molecule has 0 aromatic carbocycles. The average Bonchev–Trinajstić information content (AvgIpc) is 1.41. The van der Waals surface area contributed by atoms with E-state index >= 15 is 0 Å². The molecule has 28 valence electrons. The van der Waals surface area contributed by atoms with Gasteiger partial charge in [0.15, 0.2) is 0 Å². The second-order valence-corrected chi connectivity index (χ2v) is 0.569. The van der Waals surface area contributed by atoms with Gasteiger partial charge < -0.3 is 4.74 Å². The molecule has 0 atom stereocenters. The van der Waals surface area contributed by atoms with Crippen molar-refractivity contribution in [3.05, 3.63) is 4.25 Å². The van der Waals surface area contributed by atoms with Crippen LogP contribution in [0.3, 0.4) is 0 Å². The topological polar surface area (TPSA) is 13.6 Å². The molecule has 0 unspecified atom stereocenters. The number of rotatable bonds is 0. The molecule has 0 rings (SSSR count). The highest BCUT2D eigenvalue weighted by molar-refractivity contribution is 7.61. The van der Waals surface area contributed by atoms with Crippen LogP contribution in [-0.4, -0.2) is 7.11 Å². The Morgan fingerprint density at radius 2 is 2.60 bits per heavy atom. The van der Waals surface area contributed by atoms with Crippen LogP contribution in [0.4, 0.5) is 0 Å². The molecule has 0 N–H and O–H groups in total. The first-order chi connectivity index (χ1) is 2.41. The van der Waals surface area contributed by atoms with Crippen LogP contribution in [-0.2, 0) is 17.6 Å². The Morgan fingerprint density at radius 1 is 2.00 bits per heavy atom. The van der Waals surface area contributed by atoms with Crippen LogP contribution < -0.4 is 0 Å². The van der Waals surface area contributed by atoms with Crippen LogP contribution in [0.1, 0.15) is 0 Å². The minimum Gasteiger partial charge on any atom is -0.397 e. The summed E-state index contributed by atoms with van der Waals surface area (Å²) in [7, 11) is 1.44. The number of nitrogens with zero attached hydrogens (tertiary/aromatic N) is 1. The van der Waals surface area contributed by atoms with Gasteiger partial charge in [-0.25, -0.2) is 0 Å². The molecule has 0 aliphatic carbocycles. The predicted octanol–water partition coefficient (Wildman–Crippen LogP) is 0.385. The predicted molar refractivity (Wildman–Crippen MR) is 21.6 cm³/mol. The molecule has 0 aliphatic rings. The van der Waals surface area contributed by atoms with Crippen LogP contribution in [0.2, 0.25) is 0 Å². The van der Waals surface area contributed by atoms with Crippen LogP contribution >= 0.6 is 0 Å². The second kappa shape index (κ2) is 3.51. The Balaban J connectivity index is 2.81. The zero-order chi connectivity index (χ0) is 4.12. The van der Waals surface area contributed by atoms with E-state index in [-0.39, 0.29) is 0 Å². The molecule has 0 aliphatic heterocycles. The summed E-state index contributed by atoms with van der Waals surface area (Å²) in [5.74, 6) is 0. The van der Waals surface area contributed by atoms with Crippen molar-refractivity contribution in [1.82, 2.24) is 0 Å². The summed E-state index contributed by atoms with van der Waals surface area (Å²) < 4.78 is 7.14. The molecule has 0 bridgehead atoms. The fourth-order valence-electron chi connectivity index (χ4n) is 0.0373. The van der Waals surface area contributed by atoms with E-state index in [1.165, 1.54) is 7.11 Å². The molecule has 0 spiro atoms. The average molecular weight is 89.1 g/mol. The van der Waals surface area contributed by atoms with Crippen LogP contribution in [0, 0.1) is 6.26 Å². The zero-order valence-corrected chi connectivity index (χ0v) is 3.58. The summed E-state index contributed by atoms with van der Waals surface area (Å²) in [5, 5.41) is 0. The van der Waals surface area contributed by atoms with Crippen molar-refractivity contribution in [2.75, 3.05) is 7.11 Å². The summed E-state index contributed by atoms with van der Waals surface area (Å²) in [5.41, 5.74) is 0. The Morgan fingerprint density at radius 3 is 2.60 bits per heavy atom. The maximum atomic E-state index is 4.17. The lowest BCUT2D eigenvalue weighted by atomic mass is 11.5. The van der Waals surface area contributed by atoms with E-state index in [2.05, 4.69) is 28.1 Å². The summed E-state index contributed by atoms with van der Waals surface area (Å²) in [6, 6.07) is 0. The van der Waals surface area contributed by atoms with E-state index in [4.69, 9.17) is 0 Å². The number of hydrogen-bond acceptors (Lipinski definition) is 2. The van der Waals surface area contributed by atoms with E-state index in [0.29, 0.717) is 0 Å². The van der Waals surface area contributed by atoms with E-state index < -0.39 is 0 Å². The minimum atomic E-state index is 1.44. The van der Waals surface area contributed by atoms with Crippen LogP contribution in [0.5, 0.6) is 0 Å². The van der Waals surface area contributed by atoms with Gasteiger partial charge in [-0.15, -0.1) is 4.25 Å². The SMILES string of the molecule is COC#[N+][S-]. The molecule has 0 saturated heterocycles. The van der Waals surface area contributed by atoms with Gasteiger partial charge in [-0.1, -0.05) is 0 Å². The fourth-order valence-corrected chi connectivity index (χ4v) is 0.112. The lowest BCUT2D eigenvalue weighted by molar-refractivity contribution is 0.371. The normalized spacial score (nSPS) is 4.20. The Hall–Kier alpha value is -0.490. The van der Waals surface area contributed by atoms with Crippen molar-refractivity contribution in [3.8, 4) is 6.26 Å². The first-order valence-corrected chi connectivity index (χ1v) is 1.38. The highest BCUT2D eigenvalue weighted by Crippen LogP contribution is 1.54. The van der Waals surface area contributed by atoms with Crippen molar-refractivity contribution in [2.45, 2.75) is 0 Å². The maximum absolute atomic E-state index is 4.17. The first kappa shape index (κ1) is 4.51. The zero-order valence-electron chi connectivity index (χ0n) is 2.76. The van der Waals surface area contributed by atoms with Crippen molar-refractivity contribution in [1.29, 1.82) is 0 Å². The van der Waals surface area contributed by atoms with Gasteiger partial charge in [-0.3, -0.25) is 12.8 Å². The molecule has 5 heavy (non-hydrogen) atoms. The fraction of sp³-hybridized carbons (Fsp3) is 0.500. The quantitative estimate of drug-likeness (QED) is 0.314. The first-order valence-electron chi connectivity index (χ1n) is 1.02. The summed E-state index contributed by atoms with van der Waals surface area (Å²) in [6.45, 7) is 0. The lowest BCUT2D eigenvalue weighted by Gasteiger charge is -1.60. The Kier molecular flexibility index (Phi) is 3.17. The Labute approximate surface area is 36.1 Å². The molecule has 2 nitrogen and oxygen atoms in total. The lowest BCUT2D eigenvalue weighted by Crippen LogP contribution is -1.57. The van der Waals surface area contributed by atoms with Crippen molar-refractivity contribution < 1.29 is 4.74 Å². The van der Waals surface area contributed by atoms with Crippen LogP contribution in [0.15, 0.2) is 0 Å². The molecule has 0 saturated carbocycles. The van der Waals surface area contributed by atoms with Gasteiger partial charge in [0, 0.05) is 0 Å². The molecule has 0 fully saturated rings. The number of methoxy groups -OCH3 is 1. The molecular weight excluding hydrogens is 86.1 g/mol. The highest BCUT2D eigenvalue weighted by atomic mass is 32.1. The largest absolute Gasteiger partial charge is 0.495 e. The number of ether oxygens (including phenoxy) is 1. The van der Waals surface area contributed by atoms with E-state index in [0.717, 1.165) is 0 Å². The highest BCUT2D eigenvalue weighted by Gasteiger charge is 1.57. The Bertz CT molecular complexity index is 61.8. The van der Waals surface area contributed by atoms with Gasteiger partial charge in [-0.2, -0.15) is 0 Å². The maximum Gasteiger partial charge on any atom is 0.495 e. The third-order valence-electron chi connectivity index (χ3n) is 0.129. The second-order valence-electron chi connectivity index (χ2n) is 0.387. The van der Waals surface area contributed by atoms with E-state index in [9.17, 15) is 0 Å². The molecule has 0 aromatic heterocycles. The summed E-state index contributed by atoms with van der Waals surface area (Å²) in [6.07, 6.45) is 2.05. The summed E-state index contributed by atoms with van der Waals surface area (Å²) in [4.78, 5) is 0. The van der Waals surface area contributed by atoms with Gasteiger partial charge in [0.1, 0.15) is 0 Å². The van der Waals surface area contributed by atoms with Crippen molar-refractivity contribution in [3.63, 3.8) is 0 Å². The van der Waals surface area contributed by atoms with Crippen molar-refractivity contribution in [2.24, 2.45) is 0 Å². The van der Waals surface area contributed by atoms with Gasteiger partial charge in [-0.05, 0) is 0 Å². The molecule has 0 heterocycles. The minimum absolute atomic E-state index is 1.44. The monoisotopic (exact) mass is 89.0 g/mol. The number of hydrogen-bond donors (Lipinski definition) is 0. The van der Waals surface area contributed by atoms with Crippen LogP contribution in [0.25, 0.3) is 4.25 Å². The molecule has 0 radical (unpaired) electrons. The standard InChI is InChI=1S/C2H3NOS/c1-4-2-3-5/h1H3. The molecule has 3 heteroatoms. The molecule has 0 aromatic rings. The van der Waals surface area contributed by atoms with E-state index in [1.807, 2.05) is 0 Å². The molecular formula is C2H3NOS. The van der Waals surface area contributed by atoms with E-state index in [1.54, 1.807) is 0 Å². The third kappa shape index (κ3) is 3.51. The van der Waals surface area contributed by atoms with Crippen molar-refractivity contribution >= 4 is 12.8 Å². The van der Waals surface area contributed by atoms with Gasteiger partial charge in [0.25, 0.3) is 0 Å². The van der Waals surface area contributed by atoms with Gasteiger partial charge >= 0.3 is 6.26 Å².